The molecule has 46 heavy (non-hydrogen) atoms. The lowest BCUT2D eigenvalue weighted by atomic mass is 9.89. The first-order chi connectivity index (χ1) is 22.6. The van der Waals surface area contributed by atoms with Crippen molar-refractivity contribution in [1.82, 2.24) is 24.8 Å². The summed E-state index contributed by atoms with van der Waals surface area (Å²) in [5.74, 6) is 2.44. The largest absolute Gasteiger partial charge is 0.454 e. The van der Waals surface area contributed by atoms with Crippen LogP contribution in [0.4, 0.5) is 5.95 Å². The summed E-state index contributed by atoms with van der Waals surface area (Å²) < 4.78 is 11.3. The molecule has 1 fully saturated rings. The summed E-state index contributed by atoms with van der Waals surface area (Å²) in [5, 5.41) is 3.68. The van der Waals surface area contributed by atoms with Gasteiger partial charge in [0.25, 0.3) is 5.91 Å². The van der Waals surface area contributed by atoms with E-state index in [9.17, 15) is 4.79 Å². The number of hydrogen-bond donors (Lipinski definition) is 2. The standard InChI is InChI=1S/C37H40N6O3/c1-3-30(26-15-16-32-33(23-26)46-24-45-32)35(42(2)36(44)25-10-5-4-6-11-25)43-20-17-28(18-21-43)39-37-40-31-14-9-12-27(34(31)41-37)22-29-13-7-8-19-38-29/h4-16,19,23,28,30,35H,3,17-18,20-22,24H2,1-2H3,(H2,39,40,41). The zero-order chi connectivity index (χ0) is 31.5. The van der Waals surface area contributed by atoms with Crippen LogP contribution in [0, 0.1) is 0 Å². The minimum absolute atomic E-state index is 0.0221. The van der Waals surface area contributed by atoms with Gasteiger partial charge in [0.2, 0.25) is 12.7 Å². The number of benzene rings is 3. The first kappa shape index (κ1) is 29.8. The Morgan fingerprint density at radius 2 is 1.80 bits per heavy atom. The van der Waals surface area contributed by atoms with Crippen LogP contribution in [-0.4, -0.2) is 69.8 Å². The van der Waals surface area contributed by atoms with Crippen LogP contribution in [0.25, 0.3) is 11.0 Å². The van der Waals surface area contributed by atoms with E-state index in [0.29, 0.717) is 5.56 Å². The third-order valence-corrected chi connectivity index (χ3v) is 9.30. The van der Waals surface area contributed by atoms with Gasteiger partial charge in [0.15, 0.2) is 11.5 Å². The highest BCUT2D eigenvalue weighted by Gasteiger charge is 2.36. The lowest BCUT2D eigenvalue weighted by Gasteiger charge is -2.45. The highest BCUT2D eigenvalue weighted by molar-refractivity contribution is 5.94. The lowest BCUT2D eigenvalue weighted by molar-refractivity contribution is 0.0201. The summed E-state index contributed by atoms with van der Waals surface area (Å²) in [4.78, 5) is 31.2. The fourth-order valence-corrected chi connectivity index (χ4v) is 6.94. The number of pyridine rings is 1. The monoisotopic (exact) mass is 616 g/mol. The second-order valence-corrected chi connectivity index (χ2v) is 12.2. The number of imidazole rings is 1. The fraction of sp³-hybridized carbons (Fsp3) is 0.324. The zero-order valence-electron chi connectivity index (χ0n) is 26.4. The quantitative estimate of drug-likeness (QED) is 0.186. The number of likely N-dealkylation sites (tertiary alicyclic amines) is 1. The number of amides is 1. The average Bonchev–Trinajstić information content (AvgIpc) is 3.75. The van der Waals surface area contributed by atoms with E-state index in [1.54, 1.807) is 0 Å². The highest BCUT2D eigenvalue weighted by atomic mass is 16.7. The van der Waals surface area contributed by atoms with Gasteiger partial charge in [-0.25, -0.2) is 4.98 Å². The van der Waals surface area contributed by atoms with Crippen molar-refractivity contribution in [2.24, 2.45) is 0 Å². The number of nitrogens with zero attached hydrogens (tertiary/aromatic N) is 4. The predicted molar refractivity (Wildman–Crippen MR) is 179 cm³/mol. The van der Waals surface area contributed by atoms with Gasteiger partial charge in [-0.05, 0) is 72.9 Å². The molecule has 2 aliphatic heterocycles. The molecule has 0 bridgehead atoms. The normalized spacial score (nSPS) is 16.3. The van der Waals surface area contributed by atoms with Crippen molar-refractivity contribution >= 4 is 22.9 Å². The maximum atomic E-state index is 13.8. The Morgan fingerprint density at radius 1 is 1.00 bits per heavy atom. The molecular formula is C37H40N6O3. The third kappa shape index (κ3) is 6.15. The van der Waals surface area contributed by atoms with Crippen molar-refractivity contribution in [2.75, 3.05) is 32.2 Å². The smallest absolute Gasteiger partial charge is 0.254 e. The number of aromatic amines is 1. The van der Waals surface area contributed by atoms with Gasteiger partial charge in [0.05, 0.1) is 17.2 Å². The van der Waals surface area contributed by atoms with Crippen LogP contribution in [0.3, 0.4) is 0 Å². The van der Waals surface area contributed by atoms with Crippen molar-refractivity contribution in [3.63, 3.8) is 0 Å². The molecule has 7 rings (SSSR count). The minimum atomic E-state index is -0.126. The van der Waals surface area contributed by atoms with Crippen molar-refractivity contribution in [3.8, 4) is 11.5 Å². The van der Waals surface area contributed by atoms with E-state index in [0.717, 1.165) is 84.1 Å². The molecule has 2 aromatic heterocycles. The van der Waals surface area contributed by atoms with E-state index in [-0.39, 0.29) is 30.8 Å². The predicted octanol–water partition coefficient (Wildman–Crippen LogP) is 6.45. The highest BCUT2D eigenvalue weighted by Crippen LogP contribution is 2.38. The molecule has 0 radical (unpaired) electrons. The minimum Gasteiger partial charge on any atom is -0.454 e. The Labute approximate surface area is 269 Å². The number of rotatable bonds is 10. The van der Waals surface area contributed by atoms with E-state index in [2.05, 4.69) is 57.4 Å². The molecular weight excluding hydrogens is 576 g/mol. The van der Waals surface area contributed by atoms with E-state index in [1.807, 2.05) is 72.7 Å². The van der Waals surface area contributed by atoms with Gasteiger partial charge < -0.3 is 24.7 Å². The number of para-hydroxylation sites is 1. The number of likely N-dealkylation sites (N-methyl/N-ethyl adjacent to an activating group) is 1. The Bertz CT molecular complexity index is 1790. The van der Waals surface area contributed by atoms with Crippen LogP contribution in [-0.2, 0) is 6.42 Å². The maximum Gasteiger partial charge on any atom is 0.254 e. The lowest BCUT2D eigenvalue weighted by Crippen LogP contribution is -2.55. The van der Waals surface area contributed by atoms with Crippen molar-refractivity contribution in [2.45, 2.75) is 50.7 Å². The Hall–Kier alpha value is -4.89. The van der Waals surface area contributed by atoms with E-state index in [4.69, 9.17) is 14.5 Å². The van der Waals surface area contributed by atoms with E-state index < -0.39 is 0 Å². The summed E-state index contributed by atoms with van der Waals surface area (Å²) in [6.07, 6.45) is 5.17. The van der Waals surface area contributed by atoms with Gasteiger partial charge >= 0.3 is 0 Å². The molecule has 1 amide bonds. The van der Waals surface area contributed by atoms with Crippen LogP contribution in [0.5, 0.6) is 11.5 Å². The molecule has 9 nitrogen and oxygen atoms in total. The van der Waals surface area contributed by atoms with E-state index >= 15 is 0 Å². The van der Waals surface area contributed by atoms with Gasteiger partial charge in [-0.1, -0.05) is 49.4 Å². The molecule has 4 heterocycles. The van der Waals surface area contributed by atoms with Gasteiger partial charge in [0, 0.05) is 56.0 Å². The molecule has 2 aliphatic rings. The number of anilines is 1. The van der Waals surface area contributed by atoms with Crippen LogP contribution in [0.2, 0.25) is 0 Å². The van der Waals surface area contributed by atoms with Crippen LogP contribution < -0.4 is 14.8 Å². The average molecular weight is 617 g/mol. The van der Waals surface area contributed by atoms with Crippen molar-refractivity contribution in [3.05, 3.63) is 114 Å². The Kier molecular flexibility index (Phi) is 8.57. The summed E-state index contributed by atoms with van der Waals surface area (Å²) in [6, 6.07) is 28.3. The zero-order valence-corrected chi connectivity index (χ0v) is 26.4. The Morgan fingerprint density at radius 3 is 2.59 bits per heavy atom. The molecule has 5 aromatic rings. The van der Waals surface area contributed by atoms with E-state index in [1.165, 1.54) is 0 Å². The van der Waals surface area contributed by atoms with Gasteiger partial charge in [0.1, 0.15) is 0 Å². The number of H-pyrrole nitrogens is 1. The Balaban J connectivity index is 1.09. The first-order valence-electron chi connectivity index (χ1n) is 16.2. The molecule has 236 valence electrons. The second kappa shape index (κ2) is 13.2. The molecule has 2 atom stereocenters. The van der Waals surface area contributed by atoms with Gasteiger partial charge in [-0.3, -0.25) is 14.7 Å². The van der Waals surface area contributed by atoms with Crippen LogP contribution >= 0.6 is 0 Å². The number of hydrogen-bond acceptors (Lipinski definition) is 7. The number of aromatic nitrogens is 3. The second-order valence-electron chi connectivity index (χ2n) is 12.2. The van der Waals surface area contributed by atoms with Crippen molar-refractivity contribution in [1.29, 1.82) is 0 Å². The topological polar surface area (TPSA) is 95.6 Å². The molecule has 2 N–H and O–H groups in total. The van der Waals surface area contributed by atoms with Gasteiger partial charge in [-0.2, -0.15) is 0 Å². The number of piperidine rings is 1. The molecule has 9 heteroatoms. The first-order valence-corrected chi connectivity index (χ1v) is 16.2. The summed E-state index contributed by atoms with van der Waals surface area (Å²) in [7, 11) is 1.94. The summed E-state index contributed by atoms with van der Waals surface area (Å²) in [5.41, 5.74) is 6.01. The number of fused-ring (bicyclic) bond motifs is 2. The number of carbonyl (C=O) groups excluding carboxylic acids is 1. The van der Waals surface area contributed by atoms with Crippen LogP contribution in [0.1, 0.15) is 59.3 Å². The molecule has 1 saturated heterocycles. The number of nitrogens with one attached hydrogen (secondary N) is 2. The maximum absolute atomic E-state index is 13.8. The van der Waals surface area contributed by atoms with Crippen molar-refractivity contribution < 1.29 is 14.3 Å². The molecule has 0 aliphatic carbocycles. The fourth-order valence-electron chi connectivity index (χ4n) is 6.94. The summed E-state index contributed by atoms with van der Waals surface area (Å²) in [6.45, 7) is 4.13. The SMILES string of the molecule is CCC(c1ccc2c(c1)OCO2)C(N1CCC(Nc2nc3c(Cc4ccccn4)cccc3[nH]2)CC1)N(C)C(=O)c1ccccc1. The third-order valence-electron chi connectivity index (χ3n) is 9.30. The summed E-state index contributed by atoms with van der Waals surface area (Å²) >= 11 is 0. The van der Waals surface area contributed by atoms with Gasteiger partial charge in [-0.15, -0.1) is 0 Å². The van der Waals surface area contributed by atoms with Crippen LogP contribution in [0.15, 0.2) is 91.1 Å². The molecule has 3 aromatic carbocycles. The molecule has 0 saturated carbocycles. The number of carbonyl (C=O) groups is 1. The molecule has 2 unspecified atom stereocenters. The number of ether oxygens (including phenoxy) is 2. The molecule has 0 spiro atoms.